The van der Waals surface area contributed by atoms with Crippen LogP contribution in [0.15, 0.2) is 30.3 Å². The molecular formula is C11H17NO3. The molecule has 0 spiro atoms. The first-order valence-corrected chi connectivity index (χ1v) is 4.96. The molecule has 0 saturated heterocycles. The molecule has 1 aromatic carbocycles. The summed E-state index contributed by atoms with van der Waals surface area (Å²) in [5, 5.41) is 30.2. The second-order valence-corrected chi connectivity index (χ2v) is 3.42. The number of nitrogens with one attached hydrogen (secondary N) is 1. The third-order valence-corrected chi connectivity index (χ3v) is 2.11. The highest BCUT2D eigenvalue weighted by atomic mass is 16.3. The third-order valence-electron chi connectivity index (χ3n) is 2.11. The lowest BCUT2D eigenvalue weighted by Crippen LogP contribution is -2.32. The van der Waals surface area contributed by atoms with E-state index in [-0.39, 0.29) is 13.2 Å². The van der Waals surface area contributed by atoms with Crippen LogP contribution in [0.2, 0.25) is 0 Å². The zero-order chi connectivity index (χ0) is 11.1. The second kappa shape index (κ2) is 6.53. The van der Waals surface area contributed by atoms with Gasteiger partial charge in [0, 0.05) is 13.1 Å². The Labute approximate surface area is 89.2 Å². The van der Waals surface area contributed by atoms with E-state index in [9.17, 15) is 5.11 Å². The van der Waals surface area contributed by atoms with Gasteiger partial charge in [-0.15, -0.1) is 0 Å². The summed E-state index contributed by atoms with van der Waals surface area (Å²) >= 11 is 0. The molecule has 0 aliphatic carbocycles. The molecule has 84 valence electrons. The van der Waals surface area contributed by atoms with Gasteiger partial charge in [0.25, 0.3) is 0 Å². The predicted octanol–water partition coefficient (Wildman–Crippen LogP) is -0.337. The molecule has 0 aliphatic rings. The fourth-order valence-corrected chi connectivity index (χ4v) is 1.24. The lowest BCUT2D eigenvalue weighted by Gasteiger charge is -2.13. The molecule has 0 bridgehead atoms. The summed E-state index contributed by atoms with van der Waals surface area (Å²) in [5.74, 6) is 0. The van der Waals surface area contributed by atoms with Crippen LogP contribution < -0.4 is 5.32 Å². The van der Waals surface area contributed by atoms with E-state index >= 15 is 0 Å². The van der Waals surface area contributed by atoms with E-state index in [0.717, 1.165) is 5.56 Å². The molecule has 0 saturated carbocycles. The molecule has 0 radical (unpaired) electrons. The standard InChI is InChI=1S/C11H17NO3/c13-8-10(14)6-12-7-11(15)9-4-2-1-3-5-9/h1-5,10-15H,6-8H2/t10-,11?/m0/s1. The van der Waals surface area contributed by atoms with Gasteiger partial charge in [0.05, 0.1) is 18.8 Å². The minimum Gasteiger partial charge on any atom is -0.394 e. The minimum atomic E-state index is -0.770. The van der Waals surface area contributed by atoms with Crippen LogP contribution in [0.3, 0.4) is 0 Å². The monoisotopic (exact) mass is 211 g/mol. The van der Waals surface area contributed by atoms with Crippen LogP contribution in [0.4, 0.5) is 0 Å². The van der Waals surface area contributed by atoms with Gasteiger partial charge in [0.15, 0.2) is 0 Å². The van der Waals surface area contributed by atoms with Crippen LogP contribution in [0.5, 0.6) is 0 Å². The maximum atomic E-state index is 9.70. The summed E-state index contributed by atoms with van der Waals surface area (Å²) in [7, 11) is 0. The van der Waals surface area contributed by atoms with E-state index in [4.69, 9.17) is 10.2 Å². The number of hydrogen-bond acceptors (Lipinski definition) is 4. The molecule has 15 heavy (non-hydrogen) atoms. The molecule has 4 nitrogen and oxygen atoms in total. The van der Waals surface area contributed by atoms with E-state index in [1.54, 1.807) is 0 Å². The Morgan fingerprint density at radius 3 is 2.33 bits per heavy atom. The van der Waals surface area contributed by atoms with Crippen molar-refractivity contribution < 1.29 is 15.3 Å². The number of hydrogen-bond donors (Lipinski definition) is 4. The van der Waals surface area contributed by atoms with Crippen molar-refractivity contribution >= 4 is 0 Å². The van der Waals surface area contributed by atoms with Crippen LogP contribution in [0.1, 0.15) is 11.7 Å². The second-order valence-electron chi connectivity index (χ2n) is 3.42. The molecule has 1 aromatic rings. The molecule has 0 fully saturated rings. The number of rotatable bonds is 6. The summed E-state index contributed by atoms with van der Waals surface area (Å²) in [4.78, 5) is 0. The van der Waals surface area contributed by atoms with Crippen molar-refractivity contribution in [3.8, 4) is 0 Å². The lowest BCUT2D eigenvalue weighted by molar-refractivity contribution is 0.0891. The molecule has 2 atom stereocenters. The first kappa shape index (κ1) is 12.1. The summed E-state index contributed by atoms with van der Waals surface area (Å²) in [6.07, 6.45) is -1.36. The van der Waals surface area contributed by atoms with Gasteiger partial charge < -0.3 is 20.6 Å². The van der Waals surface area contributed by atoms with Crippen molar-refractivity contribution in [2.24, 2.45) is 0 Å². The average Bonchev–Trinajstić information content (AvgIpc) is 2.29. The first-order chi connectivity index (χ1) is 7.24. The maximum Gasteiger partial charge on any atom is 0.0914 e. The Bertz CT molecular complexity index is 266. The van der Waals surface area contributed by atoms with E-state index in [0.29, 0.717) is 6.54 Å². The maximum absolute atomic E-state index is 9.70. The molecule has 0 amide bonds. The van der Waals surface area contributed by atoms with Crippen molar-refractivity contribution in [2.75, 3.05) is 19.7 Å². The first-order valence-electron chi connectivity index (χ1n) is 4.96. The zero-order valence-corrected chi connectivity index (χ0v) is 8.50. The van der Waals surface area contributed by atoms with Gasteiger partial charge >= 0.3 is 0 Å². The Morgan fingerprint density at radius 2 is 1.73 bits per heavy atom. The molecule has 1 rings (SSSR count). The van der Waals surface area contributed by atoms with Crippen molar-refractivity contribution in [3.05, 3.63) is 35.9 Å². The predicted molar refractivity (Wildman–Crippen MR) is 57.4 cm³/mol. The van der Waals surface area contributed by atoms with Gasteiger partial charge in [0.2, 0.25) is 0 Å². The Morgan fingerprint density at radius 1 is 1.07 bits per heavy atom. The zero-order valence-electron chi connectivity index (χ0n) is 8.50. The van der Waals surface area contributed by atoms with E-state index < -0.39 is 12.2 Å². The van der Waals surface area contributed by atoms with Crippen LogP contribution in [0.25, 0.3) is 0 Å². The van der Waals surface area contributed by atoms with Gasteiger partial charge in [-0.2, -0.15) is 0 Å². The highest BCUT2D eigenvalue weighted by Gasteiger charge is 2.07. The molecular weight excluding hydrogens is 194 g/mol. The Kier molecular flexibility index (Phi) is 5.28. The Hall–Kier alpha value is -0.940. The van der Waals surface area contributed by atoms with Crippen molar-refractivity contribution in [3.63, 3.8) is 0 Å². The van der Waals surface area contributed by atoms with Crippen molar-refractivity contribution in [2.45, 2.75) is 12.2 Å². The summed E-state index contributed by atoms with van der Waals surface area (Å²) < 4.78 is 0. The number of benzene rings is 1. The van der Waals surface area contributed by atoms with Crippen molar-refractivity contribution in [1.29, 1.82) is 0 Å². The van der Waals surface area contributed by atoms with Crippen LogP contribution in [-0.2, 0) is 0 Å². The topological polar surface area (TPSA) is 72.7 Å². The molecule has 1 unspecified atom stereocenters. The average molecular weight is 211 g/mol. The van der Waals surface area contributed by atoms with Crippen LogP contribution in [0, 0.1) is 0 Å². The SMILES string of the molecule is OC[C@@H](O)CNCC(O)c1ccccc1. The van der Waals surface area contributed by atoms with Gasteiger partial charge in [-0.25, -0.2) is 0 Å². The van der Waals surface area contributed by atoms with Gasteiger partial charge in [-0.05, 0) is 5.56 Å². The molecule has 0 heterocycles. The minimum absolute atomic E-state index is 0.269. The van der Waals surface area contributed by atoms with E-state index in [1.807, 2.05) is 30.3 Å². The number of aliphatic hydroxyl groups excluding tert-OH is 3. The fourth-order valence-electron chi connectivity index (χ4n) is 1.24. The highest BCUT2D eigenvalue weighted by Crippen LogP contribution is 2.10. The third kappa shape index (κ3) is 4.40. The molecule has 4 N–H and O–H groups in total. The van der Waals surface area contributed by atoms with Crippen molar-refractivity contribution in [1.82, 2.24) is 5.32 Å². The normalized spacial score (nSPS) is 14.9. The highest BCUT2D eigenvalue weighted by molar-refractivity contribution is 5.17. The largest absolute Gasteiger partial charge is 0.394 e. The molecule has 0 aromatic heterocycles. The molecule has 0 aliphatic heterocycles. The van der Waals surface area contributed by atoms with Gasteiger partial charge in [-0.3, -0.25) is 0 Å². The quantitative estimate of drug-likeness (QED) is 0.519. The number of aliphatic hydroxyl groups is 3. The van der Waals surface area contributed by atoms with Crippen LogP contribution >= 0.6 is 0 Å². The fraction of sp³-hybridized carbons (Fsp3) is 0.455. The lowest BCUT2D eigenvalue weighted by atomic mass is 10.1. The van der Waals surface area contributed by atoms with Gasteiger partial charge in [-0.1, -0.05) is 30.3 Å². The smallest absolute Gasteiger partial charge is 0.0914 e. The Balaban J connectivity index is 2.28. The van der Waals surface area contributed by atoms with Gasteiger partial charge in [0.1, 0.15) is 0 Å². The summed E-state index contributed by atoms with van der Waals surface area (Å²) in [6.45, 7) is 0.371. The summed E-state index contributed by atoms with van der Waals surface area (Å²) in [5.41, 5.74) is 0.837. The summed E-state index contributed by atoms with van der Waals surface area (Å²) in [6, 6.07) is 9.30. The molecule has 4 heteroatoms. The van der Waals surface area contributed by atoms with E-state index in [1.165, 1.54) is 0 Å². The van der Waals surface area contributed by atoms with Crippen LogP contribution in [-0.4, -0.2) is 41.1 Å². The van der Waals surface area contributed by atoms with E-state index in [2.05, 4.69) is 5.32 Å².